The number of carbonyl (C=O) groups is 3. The Balaban J connectivity index is 1.90. The van der Waals surface area contributed by atoms with Crippen molar-refractivity contribution in [3.8, 4) is 0 Å². The van der Waals surface area contributed by atoms with Crippen LogP contribution < -0.4 is 16.0 Å². The Morgan fingerprint density at radius 1 is 1.13 bits per heavy atom. The van der Waals surface area contributed by atoms with E-state index < -0.39 is 11.8 Å². The minimum atomic E-state index is -0.667. The summed E-state index contributed by atoms with van der Waals surface area (Å²) in [6.07, 6.45) is 1.01. The molecule has 1 aliphatic rings. The lowest BCUT2D eigenvalue weighted by molar-refractivity contribution is -0.144. The van der Waals surface area contributed by atoms with E-state index in [9.17, 15) is 14.4 Å². The fraction of sp³-hybridized carbons (Fsp3) is 0.438. The number of piperidine rings is 1. The number of benzene rings is 1. The minimum Gasteiger partial charge on any atom is -0.378 e. The molecule has 3 amide bonds. The van der Waals surface area contributed by atoms with E-state index in [1.165, 1.54) is 4.90 Å². The largest absolute Gasteiger partial charge is 0.378 e. The molecule has 3 N–H and O–H groups in total. The van der Waals surface area contributed by atoms with Crippen molar-refractivity contribution in [1.82, 2.24) is 4.90 Å². The molecule has 1 heterocycles. The molecule has 1 fully saturated rings. The van der Waals surface area contributed by atoms with Crippen LogP contribution in [0.25, 0.3) is 0 Å². The van der Waals surface area contributed by atoms with Gasteiger partial charge in [0.25, 0.3) is 0 Å². The standard InChI is InChI=1S/C16H22N4O3/c1-19(2)13-5-3-12(4-6-13)18-15(22)16(23)20-9-7-11(8-10-20)14(17)21/h3-6,11H,7-10H2,1-2H3,(H2,17,21)(H,18,22). The number of primary amides is 1. The van der Waals surface area contributed by atoms with Crippen molar-refractivity contribution in [2.24, 2.45) is 11.7 Å². The Hall–Kier alpha value is -2.57. The molecule has 2 rings (SSSR count). The average molecular weight is 318 g/mol. The highest BCUT2D eigenvalue weighted by molar-refractivity contribution is 6.39. The highest BCUT2D eigenvalue weighted by Gasteiger charge is 2.29. The van der Waals surface area contributed by atoms with Gasteiger partial charge in [0, 0.05) is 44.5 Å². The van der Waals surface area contributed by atoms with Crippen molar-refractivity contribution in [1.29, 1.82) is 0 Å². The number of likely N-dealkylation sites (tertiary alicyclic amines) is 1. The van der Waals surface area contributed by atoms with Crippen LogP contribution in [0.2, 0.25) is 0 Å². The van der Waals surface area contributed by atoms with Crippen LogP contribution in [0, 0.1) is 5.92 Å². The fourth-order valence-electron chi connectivity index (χ4n) is 2.54. The summed E-state index contributed by atoms with van der Waals surface area (Å²) in [5, 5.41) is 2.60. The molecule has 1 aromatic rings. The maximum Gasteiger partial charge on any atom is 0.313 e. The number of hydrogen-bond acceptors (Lipinski definition) is 4. The molecule has 1 aromatic carbocycles. The van der Waals surface area contributed by atoms with Crippen molar-refractivity contribution in [3.05, 3.63) is 24.3 Å². The first kappa shape index (κ1) is 16.8. The van der Waals surface area contributed by atoms with Gasteiger partial charge >= 0.3 is 11.8 Å². The highest BCUT2D eigenvalue weighted by atomic mass is 16.2. The van der Waals surface area contributed by atoms with E-state index in [1.807, 2.05) is 31.1 Å². The molecule has 7 heteroatoms. The van der Waals surface area contributed by atoms with Gasteiger partial charge in [-0.15, -0.1) is 0 Å². The number of nitrogens with zero attached hydrogens (tertiary/aromatic N) is 2. The maximum absolute atomic E-state index is 12.1. The first-order valence-electron chi connectivity index (χ1n) is 7.55. The van der Waals surface area contributed by atoms with Gasteiger partial charge in [-0.25, -0.2) is 0 Å². The molecule has 0 saturated carbocycles. The van der Waals surface area contributed by atoms with Gasteiger partial charge in [0.1, 0.15) is 0 Å². The van der Waals surface area contributed by atoms with Crippen LogP contribution in [0.15, 0.2) is 24.3 Å². The van der Waals surface area contributed by atoms with Crippen molar-refractivity contribution in [2.75, 3.05) is 37.4 Å². The van der Waals surface area contributed by atoms with Crippen molar-refractivity contribution < 1.29 is 14.4 Å². The van der Waals surface area contributed by atoms with Crippen LogP contribution in [-0.4, -0.2) is 49.8 Å². The van der Waals surface area contributed by atoms with Crippen molar-refractivity contribution in [2.45, 2.75) is 12.8 Å². The number of hydrogen-bond donors (Lipinski definition) is 2. The zero-order valence-corrected chi connectivity index (χ0v) is 13.4. The lowest BCUT2D eigenvalue weighted by Crippen LogP contribution is -2.46. The molecular weight excluding hydrogens is 296 g/mol. The molecule has 0 atom stereocenters. The van der Waals surface area contributed by atoms with Crippen molar-refractivity contribution >= 4 is 29.1 Å². The quantitative estimate of drug-likeness (QED) is 0.789. The summed E-state index contributed by atoms with van der Waals surface area (Å²) in [4.78, 5) is 38.7. The second-order valence-electron chi connectivity index (χ2n) is 5.86. The third kappa shape index (κ3) is 4.21. The second-order valence-corrected chi connectivity index (χ2v) is 5.86. The minimum absolute atomic E-state index is 0.208. The van der Waals surface area contributed by atoms with E-state index in [1.54, 1.807) is 12.1 Å². The molecular formula is C16H22N4O3. The van der Waals surface area contributed by atoms with E-state index in [0.717, 1.165) is 5.69 Å². The third-order valence-electron chi connectivity index (χ3n) is 4.02. The molecule has 0 aromatic heterocycles. The molecule has 0 bridgehead atoms. The Morgan fingerprint density at radius 3 is 2.17 bits per heavy atom. The van der Waals surface area contributed by atoms with Crippen LogP contribution in [0.1, 0.15) is 12.8 Å². The SMILES string of the molecule is CN(C)c1ccc(NC(=O)C(=O)N2CCC(C(N)=O)CC2)cc1. The second kappa shape index (κ2) is 7.13. The number of nitrogens with one attached hydrogen (secondary N) is 1. The van der Waals surface area contributed by atoms with Crippen molar-refractivity contribution in [3.63, 3.8) is 0 Å². The number of nitrogens with two attached hydrogens (primary N) is 1. The highest BCUT2D eigenvalue weighted by Crippen LogP contribution is 2.18. The summed E-state index contributed by atoms with van der Waals surface area (Å²) in [7, 11) is 3.85. The zero-order valence-electron chi connectivity index (χ0n) is 13.4. The van der Waals surface area contributed by atoms with Gasteiger partial charge < -0.3 is 20.9 Å². The summed E-state index contributed by atoms with van der Waals surface area (Å²) < 4.78 is 0. The molecule has 1 aliphatic heterocycles. The maximum atomic E-state index is 12.1. The van der Waals surface area contributed by atoms with E-state index >= 15 is 0 Å². The third-order valence-corrected chi connectivity index (χ3v) is 4.02. The van der Waals surface area contributed by atoms with Crippen LogP contribution in [-0.2, 0) is 14.4 Å². The predicted molar refractivity (Wildman–Crippen MR) is 87.9 cm³/mol. The fourth-order valence-corrected chi connectivity index (χ4v) is 2.54. The van der Waals surface area contributed by atoms with Gasteiger partial charge in [0.2, 0.25) is 5.91 Å². The van der Waals surface area contributed by atoms with Gasteiger partial charge in [0.15, 0.2) is 0 Å². The molecule has 124 valence electrons. The first-order valence-corrected chi connectivity index (χ1v) is 7.55. The monoisotopic (exact) mass is 318 g/mol. The number of carbonyl (C=O) groups excluding carboxylic acids is 3. The molecule has 23 heavy (non-hydrogen) atoms. The van der Waals surface area contributed by atoms with Crippen LogP contribution in [0.3, 0.4) is 0 Å². The Kier molecular flexibility index (Phi) is 5.20. The number of rotatable bonds is 3. The summed E-state index contributed by atoms with van der Waals surface area (Å²) in [5.41, 5.74) is 6.83. The Bertz CT molecular complexity index is 590. The first-order chi connectivity index (χ1) is 10.9. The summed E-state index contributed by atoms with van der Waals surface area (Å²) in [5.74, 6) is -1.80. The van der Waals surface area contributed by atoms with Gasteiger partial charge in [-0.05, 0) is 37.1 Å². The van der Waals surface area contributed by atoms with E-state index in [4.69, 9.17) is 5.73 Å². The zero-order chi connectivity index (χ0) is 17.0. The number of amides is 3. The predicted octanol–water partition coefficient (Wildman–Crippen LogP) is 0.415. The lowest BCUT2D eigenvalue weighted by atomic mass is 9.96. The summed E-state index contributed by atoms with van der Waals surface area (Å²) in [6, 6.07) is 7.22. The van der Waals surface area contributed by atoms with Gasteiger partial charge in [0.05, 0.1) is 0 Å². The van der Waals surface area contributed by atoms with Gasteiger partial charge in [-0.3, -0.25) is 14.4 Å². The van der Waals surface area contributed by atoms with E-state index in [-0.39, 0.29) is 11.8 Å². The molecule has 0 spiro atoms. The van der Waals surface area contributed by atoms with Crippen LogP contribution >= 0.6 is 0 Å². The van der Waals surface area contributed by atoms with Gasteiger partial charge in [-0.2, -0.15) is 0 Å². The summed E-state index contributed by atoms with van der Waals surface area (Å²) >= 11 is 0. The molecule has 0 aliphatic carbocycles. The van der Waals surface area contributed by atoms with E-state index in [2.05, 4.69) is 5.32 Å². The molecule has 0 unspecified atom stereocenters. The molecule has 7 nitrogen and oxygen atoms in total. The van der Waals surface area contributed by atoms with E-state index in [0.29, 0.717) is 31.6 Å². The summed E-state index contributed by atoms with van der Waals surface area (Å²) in [6.45, 7) is 0.749. The smallest absolute Gasteiger partial charge is 0.313 e. The number of anilines is 2. The lowest BCUT2D eigenvalue weighted by Gasteiger charge is -2.29. The Morgan fingerprint density at radius 2 is 1.70 bits per heavy atom. The molecule has 0 radical (unpaired) electrons. The van der Waals surface area contributed by atoms with Crippen LogP contribution in [0.5, 0.6) is 0 Å². The molecule has 1 saturated heterocycles. The van der Waals surface area contributed by atoms with Gasteiger partial charge in [-0.1, -0.05) is 0 Å². The van der Waals surface area contributed by atoms with Crippen LogP contribution in [0.4, 0.5) is 11.4 Å². The normalized spacial score (nSPS) is 15.1. The Labute approximate surface area is 135 Å². The topological polar surface area (TPSA) is 95.7 Å². The average Bonchev–Trinajstić information content (AvgIpc) is 2.54.